The Bertz CT molecular complexity index is 530. The van der Waals surface area contributed by atoms with Crippen molar-refractivity contribution in [1.29, 1.82) is 0 Å². The number of benzene rings is 1. The van der Waals surface area contributed by atoms with Gasteiger partial charge in [0.15, 0.2) is 0 Å². The molecule has 1 aromatic carbocycles. The molecule has 1 heterocycles. The van der Waals surface area contributed by atoms with E-state index < -0.39 is 5.97 Å². The molecular formula is C17H24N2O4. The minimum Gasteiger partial charge on any atom is -0.478 e. The number of carbonyl (C=O) groups is 2. The molecule has 6 heteroatoms. The van der Waals surface area contributed by atoms with Gasteiger partial charge in [0.1, 0.15) is 0 Å². The predicted molar refractivity (Wildman–Crippen MR) is 86.3 cm³/mol. The lowest BCUT2D eigenvalue weighted by molar-refractivity contribution is 0.0697. The van der Waals surface area contributed by atoms with Crippen LogP contribution in [0.2, 0.25) is 0 Å². The summed E-state index contributed by atoms with van der Waals surface area (Å²) in [5.41, 5.74) is 1.11. The van der Waals surface area contributed by atoms with Crippen molar-refractivity contribution in [2.45, 2.75) is 32.2 Å². The van der Waals surface area contributed by atoms with E-state index >= 15 is 0 Å². The van der Waals surface area contributed by atoms with E-state index in [0.717, 1.165) is 37.8 Å². The molecule has 23 heavy (non-hydrogen) atoms. The number of hydrogen-bond donors (Lipinski definition) is 3. The third-order valence-corrected chi connectivity index (χ3v) is 4.32. The lowest BCUT2D eigenvalue weighted by Gasteiger charge is -2.21. The zero-order valence-electron chi connectivity index (χ0n) is 13.2. The van der Waals surface area contributed by atoms with E-state index in [0.29, 0.717) is 19.0 Å². The van der Waals surface area contributed by atoms with Gasteiger partial charge in [-0.3, -0.25) is 0 Å². The van der Waals surface area contributed by atoms with Gasteiger partial charge in [-0.2, -0.15) is 0 Å². The highest BCUT2D eigenvalue weighted by Crippen LogP contribution is 2.20. The summed E-state index contributed by atoms with van der Waals surface area (Å²) in [7, 11) is 0. The van der Waals surface area contributed by atoms with E-state index in [1.165, 1.54) is 12.1 Å². The Morgan fingerprint density at radius 2 is 1.91 bits per heavy atom. The van der Waals surface area contributed by atoms with Crippen molar-refractivity contribution in [3.63, 3.8) is 0 Å². The lowest BCUT2D eigenvalue weighted by Crippen LogP contribution is -2.40. The molecule has 3 N–H and O–H groups in total. The number of carbonyl (C=O) groups excluding carboxylic acids is 1. The Morgan fingerprint density at radius 3 is 2.57 bits per heavy atom. The number of carboxylic acid groups (broad SMARTS) is 1. The average molecular weight is 320 g/mol. The van der Waals surface area contributed by atoms with Crippen LogP contribution in [0, 0.1) is 5.92 Å². The van der Waals surface area contributed by atoms with Crippen LogP contribution in [0.5, 0.6) is 0 Å². The van der Waals surface area contributed by atoms with Crippen molar-refractivity contribution in [1.82, 2.24) is 10.2 Å². The first kappa shape index (κ1) is 17.3. The van der Waals surface area contributed by atoms with Crippen LogP contribution in [0.1, 0.15) is 41.6 Å². The highest BCUT2D eigenvalue weighted by Gasteiger charge is 2.20. The molecule has 1 atom stereocenters. The molecule has 0 aromatic heterocycles. The number of aliphatic hydroxyl groups is 1. The summed E-state index contributed by atoms with van der Waals surface area (Å²) < 4.78 is 0. The van der Waals surface area contributed by atoms with Crippen molar-refractivity contribution < 1.29 is 19.8 Å². The Kier molecular flexibility index (Phi) is 6.40. The van der Waals surface area contributed by atoms with Gasteiger partial charge in [0.05, 0.1) is 5.56 Å². The molecule has 1 fully saturated rings. The van der Waals surface area contributed by atoms with Gasteiger partial charge in [-0.05, 0) is 49.3 Å². The van der Waals surface area contributed by atoms with E-state index in [4.69, 9.17) is 10.2 Å². The summed E-state index contributed by atoms with van der Waals surface area (Å²) in [6, 6.07) is 6.41. The molecule has 1 saturated heterocycles. The van der Waals surface area contributed by atoms with Crippen molar-refractivity contribution in [3.8, 4) is 0 Å². The van der Waals surface area contributed by atoms with Crippen LogP contribution >= 0.6 is 0 Å². The van der Waals surface area contributed by atoms with Crippen molar-refractivity contribution >= 4 is 12.0 Å². The van der Waals surface area contributed by atoms with Gasteiger partial charge in [-0.25, -0.2) is 9.59 Å². The third-order valence-electron chi connectivity index (χ3n) is 4.32. The molecule has 0 bridgehead atoms. The second-order valence-corrected chi connectivity index (χ2v) is 5.96. The summed E-state index contributed by atoms with van der Waals surface area (Å²) in [4.78, 5) is 24.9. The number of aliphatic hydroxyl groups excluding tert-OH is 1. The SMILES string of the molecule is O=C(O)c1ccc(CNC(=O)N2CCCC(CCO)CC2)cc1. The number of hydrogen-bond acceptors (Lipinski definition) is 3. The van der Waals surface area contributed by atoms with Crippen LogP contribution in [0.4, 0.5) is 4.79 Å². The number of nitrogens with zero attached hydrogens (tertiary/aromatic N) is 1. The average Bonchev–Trinajstić information content (AvgIpc) is 2.79. The van der Waals surface area contributed by atoms with E-state index in [-0.39, 0.29) is 18.2 Å². The lowest BCUT2D eigenvalue weighted by atomic mass is 9.98. The number of rotatable bonds is 5. The Balaban J connectivity index is 1.81. The molecule has 0 spiro atoms. The fourth-order valence-corrected chi connectivity index (χ4v) is 2.89. The van der Waals surface area contributed by atoms with Gasteiger partial charge in [-0.15, -0.1) is 0 Å². The van der Waals surface area contributed by atoms with Gasteiger partial charge in [0.2, 0.25) is 0 Å². The first-order chi connectivity index (χ1) is 11.1. The van der Waals surface area contributed by atoms with E-state index in [9.17, 15) is 9.59 Å². The number of urea groups is 1. The van der Waals surface area contributed by atoms with Crippen molar-refractivity contribution in [2.24, 2.45) is 5.92 Å². The normalized spacial score (nSPS) is 18.3. The number of likely N-dealkylation sites (tertiary alicyclic amines) is 1. The van der Waals surface area contributed by atoms with Crippen molar-refractivity contribution in [2.75, 3.05) is 19.7 Å². The molecule has 0 radical (unpaired) electrons. The minimum absolute atomic E-state index is 0.0861. The second kappa shape index (κ2) is 8.53. The molecular weight excluding hydrogens is 296 g/mol. The first-order valence-electron chi connectivity index (χ1n) is 8.06. The highest BCUT2D eigenvalue weighted by atomic mass is 16.4. The molecule has 1 unspecified atom stereocenters. The van der Waals surface area contributed by atoms with E-state index in [1.54, 1.807) is 12.1 Å². The first-order valence-corrected chi connectivity index (χ1v) is 8.06. The molecule has 2 rings (SSSR count). The fourth-order valence-electron chi connectivity index (χ4n) is 2.89. The van der Waals surface area contributed by atoms with Gasteiger partial charge in [0.25, 0.3) is 0 Å². The quantitative estimate of drug-likeness (QED) is 0.775. The zero-order valence-corrected chi connectivity index (χ0v) is 13.2. The van der Waals surface area contributed by atoms with E-state index in [2.05, 4.69) is 5.32 Å². The zero-order chi connectivity index (χ0) is 16.7. The summed E-state index contributed by atoms with van der Waals surface area (Å²) in [6.45, 7) is 2.05. The Morgan fingerprint density at radius 1 is 1.17 bits per heavy atom. The van der Waals surface area contributed by atoms with Crippen LogP contribution in [0.25, 0.3) is 0 Å². The number of nitrogens with one attached hydrogen (secondary N) is 1. The highest BCUT2D eigenvalue weighted by molar-refractivity contribution is 5.87. The monoisotopic (exact) mass is 320 g/mol. The molecule has 126 valence electrons. The van der Waals surface area contributed by atoms with Crippen LogP contribution in [-0.4, -0.2) is 46.8 Å². The van der Waals surface area contributed by atoms with Gasteiger partial charge >= 0.3 is 12.0 Å². The number of carboxylic acids is 1. The standard InChI is InChI=1S/C17H24N2O4/c20-11-8-13-2-1-9-19(10-7-13)17(23)18-12-14-3-5-15(6-4-14)16(21)22/h3-6,13,20H,1-2,7-12H2,(H,18,23)(H,21,22). The van der Waals surface area contributed by atoms with Gasteiger partial charge < -0.3 is 20.4 Å². The second-order valence-electron chi connectivity index (χ2n) is 5.96. The van der Waals surface area contributed by atoms with Crippen molar-refractivity contribution in [3.05, 3.63) is 35.4 Å². The van der Waals surface area contributed by atoms with Crippen LogP contribution in [0.15, 0.2) is 24.3 Å². The topological polar surface area (TPSA) is 89.9 Å². The van der Waals surface area contributed by atoms with E-state index in [1.807, 2.05) is 4.90 Å². The fraction of sp³-hybridized carbons (Fsp3) is 0.529. The Hall–Kier alpha value is -2.08. The molecule has 1 aromatic rings. The van der Waals surface area contributed by atoms with Crippen LogP contribution in [0.3, 0.4) is 0 Å². The maximum Gasteiger partial charge on any atom is 0.335 e. The largest absolute Gasteiger partial charge is 0.478 e. The predicted octanol–water partition coefficient (Wildman–Crippen LogP) is 2.08. The molecule has 0 saturated carbocycles. The maximum absolute atomic E-state index is 12.2. The Labute approximate surface area is 136 Å². The molecule has 6 nitrogen and oxygen atoms in total. The third kappa shape index (κ3) is 5.25. The number of amides is 2. The molecule has 1 aliphatic heterocycles. The van der Waals surface area contributed by atoms with Gasteiger partial charge in [0, 0.05) is 26.2 Å². The minimum atomic E-state index is -0.956. The van der Waals surface area contributed by atoms with Crippen LogP contribution in [-0.2, 0) is 6.54 Å². The molecule has 0 aliphatic carbocycles. The summed E-state index contributed by atoms with van der Waals surface area (Å²) >= 11 is 0. The number of aromatic carboxylic acids is 1. The summed E-state index contributed by atoms with van der Waals surface area (Å²) in [5.74, 6) is -0.455. The maximum atomic E-state index is 12.2. The molecule has 2 amide bonds. The smallest absolute Gasteiger partial charge is 0.335 e. The molecule has 1 aliphatic rings. The van der Waals surface area contributed by atoms with Crippen LogP contribution < -0.4 is 5.32 Å². The summed E-state index contributed by atoms with van der Waals surface area (Å²) in [5, 5.41) is 20.8. The summed E-state index contributed by atoms with van der Waals surface area (Å²) in [6.07, 6.45) is 3.76. The van der Waals surface area contributed by atoms with Gasteiger partial charge in [-0.1, -0.05) is 12.1 Å².